The summed E-state index contributed by atoms with van der Waals surface area (Å²) in [7, 11) is 0. The van der Waals surface area contributed by atoms with E-state index >= 15 is 0 Å². The van der Waals surface area contributed by atoms with Crippen LogP contribution in [-0.2, 0) is 6.42 Å². The van der Waals surface area contributed by atoms with Crippen molar-refractivity contribution in [2.24, 2.45) is 0 Å². The van der Waals surface area contributed by atoms with Gasteiger partial charge in [0, 0.05) is 30.7 Å². The first-order valence-electron chi connectivity index (χ1n) is 8.16. The van der Waals surface area contributed by atoms with Gasteiger partial charge in [-0.15, -0.1) is 0 Å². The van der Waals surface area contributed by atoms with Gasteiger partial charge < -0.3 is 10.2 Å². The highest BCUT2D eigenvalue weighted by Gasteiger charge is 2.15. The summed E-state index contributed by atoms with van der Waals surface area (Å²) < 4.78 is 0. The van der Waals surface area contributed by atoms with Crippen LogP contribution in [0.15, 0.2) is 30.3 Å². The van der Waals surface area contributed by atoms with Crippen molar-refractivity contribution in [3.05, 3.63) is 52.4 Å². The molecule has 0 spiro atoms. The standard InChI is InChI=1S/C18H23ClN4O/c1-4-23(5-2)18(24)16-12-17(22-13(3)21-16)20-10-9-14-7-6-8-15(19)11-14/h6-8,11-12H,4-5,9-10H2,1-3H3,(H,20,21,22). The Labute approximate surface area is 148 Å². The van der Waals surface area contributed by atoms with E-state index in [4.69, 9.17) is 11.6 Å². The van der Waals surface area contributed by atoms with E-state index in [1.807, 2.05) is 38.1 Å². The van der Waals surface area contributed by atoms with Crippen LogP contribution in [0.25, 0.3) is 0 Å². The first-order chi connectivity index (χ1) is 11.5. The highest BCUT2D eigenvalue weighted by atomic mass is 35.5. The monoisotopic (exact) mass is 346 g/mol. The Morgan fingerprint density at radius 3 is 2.62 bits per heavy atom. The highest BCUT2D eigenvalue weighted by Crippen LogP contribution is 2.12. The number of rotatable bonds is 7. The fraction of sp³-hybridized carbons (Fsp3) is 0.389. The topological polar surface area (TPSA) is 58.1 Å². The summed E-state index contributed by atoms with van der Waals surface area (Å²) in [5.41, 5.74) is 1.58. The molecule has 2 aromatic rings. The molecular weight excluding hydrogens is 324 g/mol. The smallest absolute Gasteiger partial charge is 0.272 e. The molecule has 1 aromatic carbocycles. The van der Waals surface area contributed by atoms with E-state index in [9.17, 15) is 4.79 Å². The Hall–Kier alpha value is -2.14. The molecule has 5 nitrogen and oxygen atoms in total. The van der Waals surface area contributed by atoms with Gasteiger partial charge in [0.2, 0.25) is 0 Å². The van der Waals surface area contributed by atoms with Crippen molar-refractivity contribution in [1.29, 1.82) is 0 Å². The number of nitrogens with zero attached hydrogens (tertiary/aromatic N) is 3. The molecule has 0 radical (unpaired) electrons. The van der Waals surface area contributed by atoms with E-state index in [-0.39, 0.29) is 5.91 Å². The Bertz CT molecular complexity index is 701. The average Bonchev–Trinajstić information content (AvgIpc) is 2.55. The maximum absolute atomic E-state index is 12.4. The van der Waals surface area contributed by atoms with Gasteiger partial charge in [0.1, 0.15) is 17.3 Å². The maximum atomic E-state index is 12.4. The molecule has 0 atom stereocenters. The second-order valence-corrected chi connectivity index (χ2v) is 5.91. The van der Waals surface area contributed by atoms with Crippen LogP contribution in [0.4, 0.5) is 5.82 Å². The van der Waals surface area contributed by atoms with E-state index in [1.54, 1.807) is 17.9 Å². The SMILES string of the molecule is CCN(CC)C(=O)c1cc(NCCc2cccc(Cl)c2)nc(C)n1. The first-order valence-corrected chi connectivity index (χ1v) is 8.54. The van der Waals surface area contributed by atoms with E-state index in [0.717, 1.165) is 17.0 Å². The summed E-state index contributed by atoms with van der Waals surface area (Å²) in [6.45, 7) is 7.74. The van der Waals surface area contributed by atoms with Gasteiger partial charge in [-0.3, -0.25) is 4.79 Å². The molecule has 0 aliphatic rings. The third kappa shape index (κ3) is 4.93. The Morgan fingerprint density at radius 2 is 1.96 bits per heavy atom. The lowest BCUT2D eigenvalue weighted by Gasteiger charge is -2.18. The largest absolute Gasteiger partial charge is 0.370 e. The number of halogens is 1. The molecule has 1 aromatic heterocycles. The quantitative estimate of drug-likeness (QED) is 0.832. The van der Waals surface area contributed by atoms with Crippen molar-refractivity contribution < 1.29 is 4.79 Å². The van der Waals surface area contributed by atoms with Crippen LogP contribution < -0.4 is 5.32 Å². The summed E-state index contributed by atoms with van der Waals surface area (Å²) in [4.78, 5) is 22.8. The van der Waals surface area contributed by atoms with Crippen LogP contribution in [0.3, 0.4) is 0 Å². The number of carbonyl (C=O) groups is 1. The highest BCUT2D eigenvalue weighted by molar-refractivity contribution is 6.30. The molecule has 0 unspecified atom stereocenters. The number of hydrogen-bond donors (Lipinski definition) is 1. The molecule has 0 aliphatic heterocycles. The predicted octanol–water partition coefficient (Wildman–Crippen LogP) is 3.58. The van der Waals surface area contributed by atoms with Crippen molar-refractivity contribution in [3.63, 3.8) is 0 Å². The molecule has 0 aliphatic carbocycles. The number of aryl methyl sites for hydroxylation is 1. The van der Waals surface area contributed by atoms with Gasteiger partial charge in [-0.1, -0.05) is 23.7 Å². The third-order valence-electron chi connectivity index (χ3n) is 3.72. The lowest BCUT2D eigenvalue weighted by atomic mass is 10.1. The maximum Gasteiger partial charge on any atom is 0.272 e. The molecule has 1 heterocycles. The molecule has 0 saturated heterocycles. The van der Waals surface area contributed by atoms with Gasteiger partial charge >= 0.3 is 0 Å². The van der Waals surface area contributed by atoms with E-state index in [0.29, 0.717) is 37.0 Å². The van der Waals surface area contributed by atoms with Gasteiger partial charge in [0.05, 0.1) is 0 Å². The van der Waals surface area contributed by atoms with Crippen LogP contribution in [0.1, 0.15) is 35.7 Å². The molecule has 24 heavy (non-hydrogen) atoms. The van der Waals surface area contributed by atoms with Crippen molar-refractivity contribution >= 4 is 23.3 Å². The summed E-state index contributed by atoms with van der Waals surface area (Å²) in [6.07, 6.45) is 0.822. The van der Waals surface area contributed by atoms with Crippen molar-refractivity contribution in [1.82, 2.24) is 14.9 Å². The molecule has 6 heteroatoms. The van der Waals surface area contributed by atoms with Crippen molar-refractivity contribution in [3.8, 4) is 0 Å². The molecule has 1 N–H and O–H groups in total. The van der Waals surface area contributed by atoms with Crippen molar-refractivity contribution in [2.45, 2.75) is 27.2 Å². The number of aromatic nitrogens is 2. The van der Waals surface area contributed by atoms with E-state index < -0.39 is 0 Å². The van der Waals surface area contributed by atoms with Crippen LogP contribution in [-0.4, -0.2) is 40.4 Å². The molecular formula is C18H23ClN4O. The second-order valence-electron chi connectivity index (χ2n) is 5.47. The summed E-state index contributed by atoms with van der Waals surface area (Å²) in [5, 5.41) is 3.99. The summed E-state index contributed by atoms with van der Waals surface area (Å²) in [5.74, 6) is 1.18. The second kappa shape index (κ2) is 8.64. The number of hydrogen-bond acceptors (Lipinski definition) is 4. The average molecular weight is 347 g/mol. The molecule has 0 fully saturated rings. The van der Waals surface area contributed by atoms with Crippen LogP contribution in [0, 0.1) is 6.92 Å². The van der Waals surface area contributed by atoms with Crippen LogP contribution >= 0.6 is 11.6 Å². The van der Waals surface area contributed by atoms with Gasteiger partial charge in [-0.05, 0) is 44.9 Å². The minimum atomic E-state index is -0.0663. The minimum absolute atomic E-state index is 0.0663. The summed E-state index contributed by atoms with van der Waals surface area (Å²) >= 11 is 5.99. The van der Waals surface area contributed by atoms with Crippen LogP contribution in [0.2, 0.25) is 5.02 Å². The number of benzene rings is 1. The van der Waals surface area contributed by atoms with Gasteiger partial charge in [0.15, 0.2) is 0 Å². The Morgan fingerprint density at radius 1 is 1.21 bits per heavy atom. The van der Waals surface area contributed by atoms with E-state index in [1.165, 1.54) is 0 Å². The Kier molecular flexibility index (Phi) is 6.55. The van der Waals surface area contributed by atoms with Gasteiger partial charge in [0.25, 0.3) is 5.91 Å². The first kappa shape index (κ1) is 18.2. The van der Waals surface area contributed by atoms with Crippen molar-refractivity contribution in [2.75, 3.05) is 25.0 Å². The Balaban J connectivity index is 2.04. The number of amides is 1. The third-order valence-corrected chi connectivity index (χ3v) is 3.95. The van der Waals surface area contributed by atoms with Crippen LogP contribution in [0.5, 0.6) is 0 Å². The number of carbonyl (C=O) groups excluding carboxylic acids is 1. The zero-order valence-corrected chi connectivity index (χ0v) is 15.1. The lowest BCUT2D eigenvalue weighted by molar-refractivity contribution is 0.0766. The normalized spacial score (nSPS) is 10.5. The lowest BCUT2D eigenvalue weighted by Crippen LogP contribution is -2.31. The van der Waals surface area contributed by atoms with Gasteiger partial charge in [-0.2, -0.15) is 0 Å². The number of anilines is 1. The predicted molar refractivity (Wildman–Crippen MR) is 97.7 cm³/mol. The zero-order chi connectivity index (χ0) is 17.5. The zero-order valence-electron chi connectivity index (χ0n) is 14.3. The summed E-state index contributed by atoms with van der Waals surface area (Å²) in [6, 6.07) is 9.49. The fourth-order valence-electron chi connectivity index (χ4n) is 2.47. The fourth-order valence-corrected chi connectivity index (χ4v) is 2.68. The number of nitrogens with one attached hydrogen (secondary N) is 1. The molecule has 0 saturated carbocycles. The molecule has 1 amide bonds. The molecule has 0 bridgehead atoms. The minimum Gasteiger partial charge on any atom is -0.370 e. The van der Waals surface area contributed by atoms with Gasteiger partial charge in [-0.25, -0.2) is 9.97 Å². The molecule has 128 valence electrons. The molecule has 2 rings (SSSR count). The van der Waals surface area contributed by atoms with E-state index in [2.05, 4.69) is 15.3 Å².